The summed E-state index contributed by atoms with van der Waals surface area (Å²) in [6.07, 6.45) is 7.51. The number of thiophene rings is 1. The highest BCUT2D eigenvalue weighted by Gasteiger charge is 2.30. The van der Waals surface area contributed by atoms with E-state index in [1.54, 1.807) is 23.1 Å². The van der Waals surface area contributed by atoms with E-state index >= 15 is 0 Å². The molecule has 1 aromatic heterocycles. The Morgan fingerprint density at radius 3 is 2.73 bits per heavy atom. The molecule has 3 heteroatoms. The second kappa shape index (κ2) is 3.95. The molecule has 1 aliphatic rings. The minimum atomic E-state index is 0.388. The molecule has 0 saturated carbocycles. The predicted molar refractivity (Wildman–Crippen MR) is 66.7 cm³/mol. The van der Waals surface area contributed by atoms with E-state index in [0.717, 1.165) is 17.7 Å². The van der Waals surface area contributed by atoms with Crippen LogP contribution in [0.15, 0.2) is 4.21 Å². The number of hydrogen-bond donors (Lipinski definition) is 0. The van der Waals surface area contributed by atoms with Crippen LogP contribution >= 0.6 is 23.1 Å². The predicted octanol–water partition coefficient (Wildman–Crippen LogP) is 3.44. The summed E-state index contributed by atoms with van der Waals surface area (Å²) in [5.74, 6) is 0. The van der Waals surface area contributed by atoms with Gasteiger partial charge in [-0.1, -0.05) is 13.8 Å². The number of fused-ring (bicyclic) bond motifs is 1. The van der Waals surface area contributed by atoms with Gasteiger partial charge in [-0.15, -0.1) is 23.1 Å². The average Bonchev–Trinajstić information content (AvgIpc) is 2.53. The van der Waals surface area contributed by atoms with Gasteiger partial charge in [0, 0.05) is 0 Å². The Balaban J connectivity index is 2.48. The molecule has 0 saturated heterocycles. The molecule has 81 valence electrons. The second-order valence-electron chi connectivity index (χ2n) is 4.82. The summed E-state index contributed by atoms with van der Waals surface area (Å²) in [4.78, 5) is 11.7. The van der Waals surface area contributed by atoms with Crippen LogP contribution < -0.4 is 0 Å². The lowest BCUT2D eigenvalue weighted by Gasteiger charge is -2.30. The van der Waals surface area contributed by atoms with Crippen molar-refractivity contribution in [2.24, 2.45) is 5.41 Å². The molecule has 0 fully saturated rings. The van der Waals surface area contributed by atoms with Crippen LogP contribution in [0, 0.1) is 5.41 Å². The first-order chi connectivity index (χ1) is 7.07. The maximum Gasteiger partial charge on any atom is 0.244 e. The van der Waals surface area contributed by atoms with E-state index < -0.39 is 0 Å². The first kappa shape index (κ1) is 11.2. The quantitative estimate of drug-likeness (QED) is 0.735. The van der Waals surface area contributed by atoms with Crippen LogP contribution in [0.3, 0.4) is 0 Å². The van der Waals surface area contributed by atoms with Crippen molar-refractivity contribution in [1.82, 2.24) is 0 Å². The van der Waals surface area contributed by atoms with Crippen molar-refractivity contribution in [3.63, 3.8) is 0 Å². The van der Waals surface area contributed by atoms with Crippen molar-refractivity contribution >= 4 is 29.4 Å². The molecule has 1 radical (unpaired) electrons. The van der Waals surface area contributed by atoms with Crippen molar-refractivity contribution in [3.05, 3.63) is 16.0 Å². The van der Waals surface area contributed by atoms with Crippen LogP contribution in [-0.2, 0) is 17.6 Å². The summed E-state index contributed by atoms with van der Waals surface area (Å²) in [5, 5.41) is 0. The number of hydrogen-bond acceptors (Lipinski definition) is 3. The van der Waals surface area contributed by atoms with Gasteiger partial charge in [-0.05, 0) is 42.1 Å². The van der Waals surface area contributed by atoms with Gasteiger partial charge >= 0.3 is 0 Å². The highest BCUT2D eigenvalue weighted by Crippen LogP contribution is 2.43. The molecule has 0 aromatic carbocycles. The van der Waals surface area contributed by atoms with E-state index in [9.17, 15) is 4.79 Å². The van der Waals surface area contributed by atoms with Gasteiger partial charge in [0.15, 0.2) is 0 Å². The zero-order valence-corrected chi connectivity index (χ0v) is 11.0. The van der Waals surface area contributed by atoms with E-state index in [0.29, 0.717) is 5.41 Å². The van der Waals surface area contributed by atoms with Crippen molar-refractivity contribution in [3.8, 4) is 0 Å². The van der Waals surface area contributed by atoms with Crippen molar-refractivity contribution in [2.75, 3.05) is 6.26 Å². The highest BCUT2D eigenvalue weighted by atomic mass is 32.2. The Morgan fingerprint density at radius 2 is 2.13 bits per heavy atom. The molecule has 1 heterocycles. The molecule has 1 aromatic rings. The summed E-state index contributed by atoms with van der Waals surface area (Å²) in [6.45, 7) is 4.62. The van der Waals surface area contributed by atoms with Gasteiger partial charge in [-0.25, -0.2) is 0 Å². The molecule has 1 aliphatic carbocycles. The van der Waals surface area contributed by atoms with E-state index in [4.69, 9.17) is 0 Å². The van der Waals surface area contributed by atoms with Crippen LogP contribution in [0.2, 0.25) is 0 Å². The molecule has 0 amide bonds. The second-order valence-corrected chi connectivity index (χ2v) is 6.92. The van der Waals surface area contributed by atoms with Crippen LogP contribution in [-0.4, -0.2) is 12.5 Å². The van der Waals surface area contributed by atoms with Gasteiger partial charge in [0.25, 0.3) is 0 Å². The molecule has 0 spiro atoms. The van der Waals surface area contributed by atoms with Crippen molar-refractivity contribution in [1.29, 1.82) is 0 Å². The van der Waals surface area contributed by atoms with Crippen LogP contribution in [0.4, 0.5) is 0 Å². The van der Waals surface area contributed by atoms with Gasteiger partial charge in [-0.2, -0.15) is 0 Å². The first-order valence-corrected chi connectivity index (χ1v) is 7.18. The third kappa shape index (κ3) is 2.00. The Hall–Kier alpha value is -0.280. The topological polar surface area (TPSA) is 17.1 Å². The summed E-state index contributed by atoms with van der Waals surface area (Å²) < 4.78 is 1.32. The Bertz CT molecular complexity index is 391. The fourth-order valence-electron chi connectivity index (χ4n) is 2.20. The van der Waals surface area contributed by atoms with Gasteiger partial charge in [-0.3, -0.25) is 4.79 Å². The maximum atomic E-state index is 10.8. The molecule has 0 aliphatic heterocycles. The fraction of sp³-hybridized carbons (Fsp3) is 0.583. The number of thioether (sulfide) groups is 1. The van der Waals surface area contributed by atoms with Gasteiger partial charge in [0.05, 0.1) is 9.09 Å². The zero-order valence-electron chi connectivity index (χ0n) is 9.35. The molecule has 15 heavy (non-hydrogen) atoms. The zero-order chi connectivity index (χ0) is 11.1. The van der Waals surface area contributed by atoms with E-state index in [1.807, 2.05) is 0 Å². The smallest absolute Gasteiger partial charge is 0.244 e. The van der Waals surface area contributed by atoms with E-state index in [2.05, 4.69) is 26.4 Å². The fourth-order valence-corrected chi connectivity index (χ4v) is 4.12. The van der Waals surface area contributed by atoms with Crippen LogP contribution in [0.5, 0.6) is 0 Å². The monoisotopic (exact) mass is 239 g/mol. The highest BCUT2D eigenvalue weighted by molar-refractivity contribution is 8.00. The molecular weight excluding hydrogens is 224 g/mol. The van der Waals surface area contributed by atoms with Crippen LogP contribution in [0.25, 0.3) is 0 Å². The SMILES string of the molecule is CSc1sc([C]=O)c2c1CC(C)(C)CC2. The van der Waals surface area contributed by atoms with Gasteiger partial charge in [0.2, 0.25) is 6.29 Å². The van der Waals surface area contributed by atoms with Crippen molar-refractivity contribution in [2.45, 2.75) is 37.3 Å². The molecule has 0 bridgehead atoms. The van der Waals surface area contributed by atoms with E-state index in [1.165, 1.54) is 21.8 Å². The first-order valence-electron chi connectivity index (χ1n) is 5.14. The van der Waals surface area contributed by atoms with Crippen LogP contribution in [0.1, 0.15) is 36.3 Å². The molecule has 0 unspecified atom stereocenters. The average molecular weight is 239 g/mol. The lowest BCUT2D eigenvalue weighted by Crippen LogP contribution is -2.21. The minimum Gasteiger partial charge on any atom is -0.284 e. The summed E-state index contributed by atoms with van der Waals surface area (Å²) in [6, 6.07) is 0. The Morgan fingerprint density at radius 1 is 1.40 bits per heavy atom. The lowest BCUT2D eigenvalue weighted by molar-refractivity contribution is 0.314. The Kier molecular flexibility index (Phi) is 2.95. The molecule has 2 rings (SSSR count). The Labute approximate surface area is 99.3 Å². The van der Waals surface area contributed by atoms with E-state index in [-0.39, 0.29) is 0 Å². The number of rotatable bonds is 2. The molecular formula is C12H15OS2. The third-order valence-corrected chi connectivity index (χ3v) is 5.40. The standard InChI is InChI=1S/C12H15OS2/c1-12(2)5-4-8-9(6-12)11(14-3)15-10(8)7-13/h4-6H2,1-3H3. The molecule has 0 atom stereocenters. The maximum absolute atomic E-state index is 10.8. The van der Waals surface area contributed by atoms with Gasteiger partial charge < -0.3 is 0 Å². The lowest BCUT2D eigenvalue weighted by atomic mass is 9.75. The van der Waals surface area contributed by atoms with Gasteiger partial charge in [0.1, 0.15) is 0 Å². The summed E-state index contributed by atoms with van der Waals surface area (Å²) >= 11 is 3.38. The largest absolute Gasteiger partial charge is 0.284 e. The minimum absolute atomic E-state index is 0.388. The molecule has 0 N–H and O–H groups in total. The summed E-state index contributed by atoms with van der Waals surface area (Å²) in [5.41, 5.74) is 3.08. The molecule has 1 nitrogen and oxygen atoms in total. The number of carbonyl (C=O) groups excluding carboxylic acids is 1. The normalized spacial score (nSPS) is 18.6. The van der Waals surface area contributed by atoms with Crippen molar-refractivity contribution < 1.29 is 4.79 Å². The third-order valence-electron chi connectivity index (χ3n) is 3.06. The summed E-state index contributed by atoms with van der Waals surface area (Å²) in [7, 11) is 0.